The number of hydrogen-bond donors (Lipinski definition) is 0. The number of fused-ring (bicyclic) bond motifs is 2. The topological polar surface area (TPSA) is 6.48 Å². The minimum absolute atomic E-state index is 1.21. The van der Waals surface area contributed by atoms with Gasteiger partial charge in [-0.2, -0.15) is 0 Å². The molecule has 1 aromatic rings. The zero-order valence-corrected chi connectivity index (χ0v) is 8.88. The molecule has 1 aromatic carbocycles. The van der Waals surface area contributed by atoms with Crippen molar-refractivity contribution >= 4 is 11.4 Å². The molecule has 0 N–H and O–H groups in total. The van der Waals surface area contributed by atoms with Gasteiger partial charge in [-0.3, -0.25) is 0 Å². The van der Waals surface area contributed by atoms with Crippen LogP contribution in [-0.4, -0.2) is 26.2 Å². The van der Waals surface area contributed by atoms with E-state index in [9.17, 15) is 0 Å². The summed E-state index contributed by atoms with van der Waals surface area (Å²) >= 11 is 0. The summed E-state index contributed by atoms with van der Waals surface area (Å²) in [6.07, 6.45) is 0. The highest BCUT2D eigenvalue weighted by Gasteiger charge is 2.30. The molecule has 14 heavy (non-hydrogen) atoms. The molecule has 74 valence electrons. The maximum Gasteiger partial charge on any atom is 0.0637 e. The predicted molar refractivity (Wildman–Crippen MR) is 60.3 cm³/mol. The summed E-state index contributed by atoms with van der Waals surface area (Å²) in [5.41, 5.74) is 5.83. The van der Waals surface area contributed by atoms with E-state index in [0.29, 0.717) is 0 Å². The Morgan fingerprint density at radius 3 is 1.50 bits per heavy atom. The molecule has 3 aliphatic heterocycles. The van der Waals surface area contributed by atoms with Gasteiger partial charge in [0.15, 0.2) is 0 Å². The van der Waals surface area contributed by atoms with Gasteiger partial charge in [0.05, 0.1) is 11.4 Å². The minimum atomic E-state index is 1.21. The molecule has 2 bridgehead atoms. The van der Waals surface area contributed by atoms with E-state index in [1.807, 2.05) is 0 Å². The Hall–Kier alpha value is -1.18. The SMILES string of the molecule is Cc1ccc(C)c2c1N1CCN2CC1. The van der Waals surface area contributed by atoms with E-state index in [0.717, 1.165) is 0 Å². The Bertz CT molecular complexity index is 339. The number of rotatable bonds is 0. The van der Waals surface area contributed by atoms with Crippen molar-refractivity contribution < 1.29 is 0 Å². The summed E-state index contributed by atoms with van der Waals surface area (Å²) in [5.74, 6) is 0. The van der Waals surface area contributed by atoms with Crippen LogP contribution in [0.2, 0.25) is 0 Å². The van der Waals surface area contributed by atoms with Gasteiger partial charge >= 0.3 is 0 Å². The maximum atomic E-state index is 2.54. The normalized spacial score (nSPS) is 18.7. The number of hydrogen-bond acceptors (Lipinski definition) is 2. The van der Waals surface area contributed by atoms with E-state index >= 15 is 0 Å². The quantitative estimate of drug-likeness (QED) is 0.614. The lowest BCUT2D eigenvalue weighted by Gasteiger charge is -2.47. The molecule has 0 aliphatic carbocycles. The van der Waals surface area contributed by atoms with Gasteiger partial charge in [0.25, 0.3) is 0 Å². The predicted octanol–water partition coefficient (Wildman–Crippen LogP) is 1.94. The van der Waals surface area contributed by atoms with E-state index in [1.165, 1.54) is 48.7 Å². The average molecular weight is 188 g/mol. The molecule has 0 radical (unpaired) electrons. The largest absolute Gasteiger partial charge is 0.366 e. The van der Waals surface area contributed by atoms with E-state index in [4.69, 9.17) is 0 Å². The number of aryl methyl sites for hydroxylation is 2. The average Bonchev–Trinajstić information content (AvgIpc) is 2.25. The highest BCUT2D eigenvalue weighted by molar-refractivity contribution is 5.81. The van der Waals surface area contributed by atoms with Gasteiger partial charge in [0.2, 0.25) is 0 Å². The molecular formula is C12H16N2. The van der Waals surface area contributed by atoms with Crippen LogP contribution in [-0.2, 0) is 0 Å². The van der Waals surface area contributed by atoms with Crippen LogP contribution in [0.4, 0.5) is 11.4 Å². The van der Waals surface area contributed by atoms with Gasteiger partial charge in [-0.25, -0.2) is 0 Å². The summed E-state index contributed by atoms with van der Waals surface area (Å²) in [5, 5.41) is 0. The van der Waals surface area contributed by atoms with Crippen molar-refractivity contribution in [1.82, 2.24) is 0 Å². The molecule has 2 heteroatoms. The number of anilines is 2. The molecule has 3 aliphatic rings. The molecule has 0 unspecified atom stereocenters. The lowest BCUT2D eigenvalue weighted by atomic mass is 10.0. The summed E-state index contributed by atoms with van der Waals surface area (Å²) in [6.45, 7) is 9.27. The fourth-order valence-corrected chi connectivity index (χ4v) is 2.73. The van der Waals surface area contributed by atoms with E-state index in [2.05, 4.69) is 35.8 Å². The maximum absolute atomic E-state index is 2.54. The Labute approximate surface area is 85.1 Å². The molecule has 4 rings (SSSR count). The van der Waals surface area contributed by atoms with Crippen molar-refractivity contribution in [1.29, 1.82) is 0 Å². The third-order valence-corrected chi connectivity index (χ3v) is 3.47. The first kappa shape index (κ1) is 8.16. The zero-order valence-electron chi connectivity index (χ0n) is 8.88. The highest BCUT2D eigenvalue weighted by Crippen LogP contribution is 2.40. The summed E-state index contributed by atoms with van der Waals surface area (Å²) in [7, 11) is 0. The summed E-state index contributed by atoms with van der Waals surface area (Å²) < 4.78 is 0. The molecule has 1 fully saturated rings. The summed E-state index contributed by atoms with van der Waals surface area (Å²) in [6, 6.07) is 4.49. The smallest absolute Gasteiger partial charge is 0.0637 e. The van der Waals surface area contributed by atoms with Crippen molar-refractivity contribution in [2.45, 2.75) is 13.8 Å². The van der Waals surface area contributed by atoms with Crippen molar-refractivity contribution in [3.8, 4) is 0 Å². The number of piperazine rings is 1. The Morgan fingerprint density at radius 2 is 1.14 bits per heavy atom. The molecule has 0 aromatic heterocycles. The molecule has 1 saturated heterocycles. The van der Waals surface area contributed by atoms with Crippen molar-refractivity contribution in [2.24, 2.45) is 0 Å². The van der Waals surface area contributed by atoms with Gasteiger partial charge in [0.1, 0.15) is 0 Å². The Kier molecular flexibility index (Phi) is 1.55. The molecule has 0 amide bonds. The first-order chi connectivity index (χ1) is 6.77. The van der Waals surface area contributed by atoms with Gasteiger partial charge in [0, 0.05) is 26.2 Å². The first-order valence-corrected chi connectivity index (χ1v) is 5.37. The first-order valence-electron chi connectivity index (χ1n) is 5.37. The van der Waals surface area contributed by atoms with E-state index < -0.39 is 0 Å². The standard InChI is InChI=1S/C12H16N2/c1-9-3-4-10(2)12-11(9)13-5-7-14(12)8-6-13/h3-4H,5-8H2,1-2H3. The zero-order chi connectivity index (χ0) is 9.71. The Balaban J connectivity index is 2.27. The van der Waals surface area contributed by atoms with Crippen molar-refractivity contribution in [3.05, 3.63) is 23.3 Å². The van der Waals surface area contributed by atoms with Crippen LogP contribution in [0.5, 0.6) is 0 Å². The van der Waals surface area contributed by atoms with Gasteiger partial charge in [-0.1, -0.05) is 12.1 Å². The second-order valence-corrected chi connectivity index (χ2v) is 4.37. The van der Waals surface area contributed by atoms with Crippen LogP contribution in [0.15, 0.2) is 12.1 Å². The van der Waals surface area contributed by atoms with Crippen molar-refractivity contribution in [3.63, 3.8) is 0 Å². The molecule has 0 saturated carbocycles. The molecular weight excluding hydrogens is 172 g/mol. The molecule has 2 nitrogen and oxygen atoms in total. The third-order valence-electron chi connectivity index (χ3n) is 3.47. The van der Waals surface area contributed by atoms with Gasteiger partial charge < -0.3 is 9.80 Å². The van der Waals surface area contributed by atoms with E-state index in [-0.39, 0.29) is 0 Å². The molecule has 3 heterocycles. The van der Waals surface area contributed by atoms with Crippen LogP contribution >= 0.6 is 0 Å². The van der Waals surface area contributed by atoms with Gasteiger partial charge in [-0.15, -0.1) is 0 Å². The second kappa shape index (κ2) is 2.66. The minimum Gasteiger partial charge on any atom is -0.366 e. The summed E-state index contributed by atoms with van der Waals surface area (Å²) in [4.78, 5) is 5.08. The van der Waals surface area contributed by atoms with Crippen molar-refractivity contribution in [2.75, 3.05) is 36.0 Å². The fraction of sp³-hybridized carbons (Fsp3) is 0.500. The molecule has 0 atom stereocenters. The second-order valence-electron chi connectivity index (χ2n) is 4.37. The number of nitrogens with zero attached hydrogens (tertiary/aromatic N) is 2. The van der Waals surface area contributed by atoms with Crippen LogP contribution in [0, 0.1) is 13.8 Å². The van der Waals surface area contributed by atoms with E-state index in [1.54, 1.807) is 0 Å². The lowest BCUT2D eigenvalue weighted by Crippen LogP contribution is -2.52. The van der Waals surface area contributed by atoms with Crippen LogP contribution in [0.1, 0.15) is 11.1 Å². The highest BCUT2D eigenvalue weighted by atomic mass is 15.3. The third kappa shape index (κ3) is 0.912. The van der Waals surface area contributed by atoms with Crippen LogP contribution < -0.4 is 9.80 Å². The monoisotopic (exact) mass is 188 g/mol. The van der Waals surface area contributed by atoms with Crippen LogP contribution in [0.25, 0.3) is 0 Å². The van der Waals surface area contributed by atoms with Gasteiger partial charge in [-0.05, 0) is 25.0 Å². The fourth-order valence-electron chi connectivity index (χ4n) is 2.73. The Morgan fingerprint density at radius 1 is 0.786 bits per heavy atom. The lowest BCUT2D eigenvalue weighted by molar-refractivity contribution is 0.621. The van der Waals surface area contributed by atoms with Crippen LogP contribution in [0.3, 0.4) is 0 Å². The number of benzene rings is 1. The molecule has 0 spiro atoms.